The van der Waals surface area contributed by atoms with Crippen LogP contribution in [-0.2, 0) is 11.3 Å². The van der Waals surface area contributed by atoms with E-state index in [9.17, 15) is 14.9 Å². The van der Waals surface area contributed by atoms with E-state index in [1.807, 2.05) is 54.6 Å². The number of ether oxygens (including phenoxy) is 2. The summed E-state index contributed by atoms with van der Waals surface area (Å²) >= 11 is 0. The van der Waals surface area contributed by atoms with Crippen LogP contribution in [0, 0.1) is 10.1 Å². The van der Waals surface area contributed by atoms with Gasteiger partial charge < -0.3 is 9.47 Å². The van der Waals surface area contributed by atoms with Gasteiger partial charge in [-0.15, -0.1) is 0 Å². The van der Waals surface area contributed by atoms with E-state index in [1.54, 1.807) is 0 Å². The number of non-ortho nitro benzene ring substituents is 1. The lowest BCUT2D eigenvalue weighted by molar-refractivity contribution is -0.384. The van der Waals surface area contributed by atoms with Crippen LogP contribution in [0.1, 0.15) is 5.56 Å². The summed E-state index contributed by atoms with van der Waals surface area (Å²) in [5.74, 6) is 0.181. The van der Waals surface area contributed by atoms with Crippen LogP contribution < -0.4 is 4.74 Å². The van der Waals surface area contributed by atoms with E-state index < -0.39 is 11.1 Å². The van der Waals surface area contributed by atoms with E-state index in [4.69, 9.17) is 9.47 Å². The van der Waals surface area contributed by atoms with Gasteiger partial charge in [0.1, 0.15) is 12.4 Å². The summed E-state index contributed by atoms with van der Waals surface area (Å²) in [6, 6.07) is 22.8. The molecule has 0 aliphatic heterocycles. The van der Waals surface area contributed by atoms with Crippen molar-refractivity contribution in [3.05, 3.63) is 94.5 Å². The predicted molar refractivity (Wildman–Crippen MR) is 95.8 cm³/mol. The first-order valence-electron chi connectivity index (χ1n) is 7.85. The first-order chi connectivity index (χ1) is 12.6. The number of hydrogen-bond acceptors (Lipinski definition) is 5. The molecule has 0 aliphatic rings. The Morgan fingerprint density at radius 2 is 1.46 bits per heavy atom. The third-order valence-electron chi connectivity index (χ3n) is 3.67. The first kappa shape index (κ1) is 17.2. The van der Waals surface area contributed by atoms with E-state index in [0.29, 0.717) is 0 Å². The molecule has 3 rings (SSSR count). The number of nitro groups is 1. The molecule has 3 aromatic carbocycles. The highest BCUT2D eigenvalue weighted by Crippen LogP contribution is 2.20. The number of rotatable bonds is 5. The summed E-state index contributed by atoms with van der Waals surface area (Å²) in [7, 11) is 0. The van der Waals surface area contributed by atoms with Gasteiger partial charge in [-0.2, -0.15) is 0 Å². The number of benzene rings is 3. The van der Waals surface area contributed by atoms with Crippen molar-refractivity contribution in [1.29, 1.82) is 0 Å². The number of nitrogens with zero attached hydrogens (tertiary/aromatic N) is 1. The van der Waals surface area contributed by atoms with Crippen LogP contribution in [0.4, 0.5) is 10.5 Å². The third kappa shape index (κ3) is 4.45. The minimum Gasteiger partial charge on any atom is -0.429 e. The van der Waals surface area contributed by atoms with Crippen molar-refractivity contribution >= 4 is 11.8 Å². The predicted octanol–water partition coefficient (Wildman–Crippen LogP) is 4.98. The fraction of sp³-hybridized carbons (Fsp3) is 0.0500. The monoisotopic (exact) mass is 349 g/mol. The molecule has 0 bridgehead atoms. The Balaban J connectivity index is 1.53. The van der Waals surface area contributed by atoms with Crippen molar-refractivity contribution in [2.24, 2.45) is 0 Å². The van der Waals surface area contributed by atoms with Crippen LogP contribution in [0.3, 0.4) is 0 Å². The molecule has 6 nitrogen and oxygen atoms in total. The lowest BCUT2D eigenvalue weighted by Crippen LogP contribution is -2.10. The minimum absolute atomic E-state index is 0.0703. The summed E-state index contributed by atoms with van der Waals surface area (Å²) in [4.78, 5) is 21.8. The number of carbonyl (C=O) groups is 1. The van der Waals surface area contributed by atoms with E-state index in [2.05, 4.69) is 0 Å². The molecule has 0 aliphatic carbocycles. The molecule has 0 atom stereocenters. The van der Waals surface area contributed by atoms with Crippen molar-refractivity contribution in [3.8, 4) is 16.9 Å². The van der Waals surface area contributed by atoms with Gasteiger partial charge in [0.15, 0.2) is 0 Å². The summed E-state index contributed by atoms with van der Waals surface area (Å²) < 4.78 is 10.0. The van der Waals surface area contributed by atoms with Crippen LogP contribution in [0.15, 0.2) is 78.9 Å². The van der Waals surface area contributed by atoms with Crippen LogP contribution in [0.25, 0.3) is 11.1 Å². The topological polar surface area (TPSA) is 78.7 Å². The van der Waals surface area contributed by atoms with Crippen molar-refractivity contribution < 1.29 is 19.2 Å². The average molecular weight is 349 g/mol. The molecular weight excluding hydrogens is 334 g/mol. The molecule has 0 amide bonds. The quantitative estimate of drug-likeness (QED) is 0.281. The van der Waals surface area contributed by atoms with E-state index >= 15 is 0 Å². The molecule has 0 unspecified atom stereocenters. The fourth-order valence-corrected chi connectivity index (χ4v) is 2.33. The third-order valence-corrected chi connectivity index (χ3v) is 3.67. The van der Waals surface area contributed by atoms with Crippen molar-refractivity contribution in [2.75, 3.05) is 0 Å². The molecule has 0 fully saturated rings. The maximum atomic E-state index is 11.7. The normalized spacial score (nSPS) is 10.2. The molecule has 0 heterocycles. The van der Waals surface area contributed by atoms with Gasteiger partial charge in [0.2, 0.25) is 0 Å². The minimum atomic E-state index is -0.869. The van der Waals surface area contributed by atoms with Crippen molar-refractivity contribution in [2.45, 2.75) is 6.61 Å². The molecule has 0 spiro atoms. The van der Waals surface area contributed by atoms with E-state index in [1.165, 1.54) is 24.3 Å². The molecule has 0 N–H and O–H groups in total. The Kier molecular flexibility index (Phi) is 5.24. The van der Waals surface area contributed by atoms with Crippen LogP contribution in [0.2, 0.25) is 0 Å². The van der Waals surface area contributed by atoms with Gasteiger partial charge in [-0.3, -0.25) is 10.1 Å². The standard InChI is InChI=1S/C20H15NO5/c22-20(26-19-12-10-18(11-13-19)21(23)24)25-14-15-6-8-17(9-7-15)16-4-2-1-3-5-16/h1-13H,14H2. The van der Waals surface area contributed by atoms with E-state index in [-0.39, 0.29) is 18.0 Å². The smallest absolute Gasteiger partial charge is 0.429 e. The van der Waals surface area contributed by atoms with Gasteiger partial charge in [0.05, 0.1) is 4.92 Å². The maximum Gasteiger partial charge on any atom is 0.514 e. The molecule has 6 heteroatoms. The highest BCUT2D eigenvalue weighted by Gasteiger charge is 2.09. The Morgan fingerprint density at radius 3 is 2.08 bits per heavy atom. The van der Waals surface area contributed by atoms with Crippen LogP contribution >= 0.6 is 0 Å². The second-order valence-corrected chi connectivity index (χ2v) is 5.45. The molecular formula is C20H15NO5. The molecule has 130 valence electrons. The van der Waals surface area contributed by atoms with Gasteiger partial charge in [0.25, 0.3) is 5.69 Å². The van der Waals surface area contributed by atoms with Crippen LogP contribution in [0.5, 0.6) is 5.75 Å². The number of carbonyl (C=O) groups excluding carboxylic acids is 1. The Labute approximate surface area is 149 Å². The zero-order chi connectivity index (χ0) is 18.4. The SMILES string of the molecule is O=C(OCc1ccc(-c2ccccc2)cc1)Oc1ccc([N+](=O)[O-])cc1. The lowest BCUT2D eigenvalue weighted by atomic mass is 10.0. The van der Waals surface area contributed by atoms with Crippen LogP contribution in [-0.4, -0.2) is 11.1 Å². The van der Waals surface area contributed by atoms with Gasteiger partial charge in [-0.25, -0.2) is 4.79 Å². The molecule has 0 radical (unpaired) electrons. The molecule has 0 aromatic heterocycles. The summed E-state index contributed by atoms with van der Waals surface area (Å²) in [6.07, 6.45) is -0.869. The van der Waals surface area contributed by atoms with Gasteiger partial charge in [0, 0.05) is 12.1 Å². The highest BCUT2D eigenvalue weighted by atomic mass is 16.7. The lowest BCUT2D eigenvalue weighted by Gasteiger charge is -2.07. The second-order valence-electron chi connectivity index (χ2n) is 5.45. The highest BCUT2D eigenvalue weighted by molar-refractivity contribution is 5.65. The second kappa shape index (κ2) is 7.94. The summed E-state index contributed by atoms with van der Waals surface area (Å²) in [6.45, 7) is 0.0703. The van der Waals surface area contributed by atoms with Gasteiger partial charge in [-0.1, -0.05) is 54.6 Å². The zero-order valence-corrected chi connectivity index (χ0v) is 13.7. The largest absolute Gasteiger partial charge is 0.514 e. The van der Waals surface area contributed by atoms with Gasteiger partial charge in [-0.05, 0) is 28.8 Å². The maximum absolute atomic E-state index is 11.7. The fourth-order valence-electron chi connectivity index (χ4n) is 2.33. The van der Waals surface area contributed by atoms with Crippen molar-refractivity contribution in [1.82, 2.24) is 0 Å². The van der Waals surface area contributed by atoms with E-state index in [0.717, 1.165) is 16.7 Å². The molecule has 26 heavy (non-hydrogen) atoms. The molecule has 0 saturated carbocycles. The zero-order valence-electron chi connectivity index (χ0n) is 13.7. The Bertz CT molecular complexity index is 890. The molecule has 0 saturated heterocycles. The average Bonchev–Trinajstić information content (AvgIpc) is 2.68. The Morgan fingerprint density at radius 1 is 0.846 bits per heavy atom. The Hall–Kier alpha value is -3.67. The van der Waals surface area contributed by atoms with Crippen molar-refractivity contribution in [3.63, 3.8) is 0 Å². The number of hydrogen-bond donors (Lipinski definition) is 0. The number of nitro benzene ring substituents is 1. The summed E-state index contributed by atoms with van der Waals surface area (Å²) in [5, 5.41) is 10.6. The summed E-state index contributed by atoms with van der Waals surface area (Å²) in [5.41, 5.74) is 2.93. The first-order valence-corrected chi connectivity index (χ1v) is 7.85. The van der Waals surface area contributed by atoms with Gasteiger partial charge >= 0.3 is 6.16 Å². The molecule has 3 aromatic rings.